The van der Waals surface area contributed by atoms with Gasteiger partial charge in [0.1, 0.15) is 5.69 Å². The van der Waals surface area contributed by atoms with E-state index >= 15 is 0 Å². The van der Waals surface area contributed by atoms with Crippen molar-refractivity contribution in [2.75, 3.05) is 0 Å². The molecule has 270 valence electrons. The zero-order chi connectivity index (χ0) is 38.4. The van der Waals surface area contributed by atoms with Crippen LogP contribution in [-0.4, -0.2) is 19.9 Å². The summed E-state index contributed by atoms with van der Waals surface area (Å²) in [5, 5.41) is 8.39. The minimum Gasteiger partial charge on any atom is -0.253 e. The maximum Gasteiger partial charge on any atom is 0.179 e. The Balaban J connectivity index is 1.03. The van der Waals surface area contributed by atoms with Gasteiger partial charge in [-0.3, -0.25) is 4.98 Å². The monoisotopic (exact) mass is 738 g/mol. The van der Waals surface area contributed by atoms with E-state index in [1.165, 1.54) is 32.5 Å². The average molecular weight is 739 g/mol. The van der Waals surface area contributed by atoms with Crippen LogP contribution >= 0.6 is 0 Å². The Morgan fingerprint density at radius 3 is 1.79 bits per heavy atom. The molecule has 0 fully saturated rings. The van der Waals surface area contributed by atoms with Crippen LogP contribution in [0.2, 0.25) is 0 Å². The summed E-state index contributed by atoms with van der Waals surface area (Å²) in [4.78, 5) is 19.9. The lowest BCUT2D eigenvalue weighted by atomic mass is 9.89. The maximum atomic E-state index is 5.34. The summed E-state index contributed by atoms with van der Waals surface area (Å²) in [5.41, 5.74) is 12.2. The van der Waals surface area contributed by atoms with E-state index in [0.717, 1.165) is 72.4 Å². The molecule has 4 nitrogen and oxygen atoms in total. The van der Waals surface area contributed by atoms with Gasteiger partial charge in [-0.15, -0.1) is 0 Å². The van der Waals surface area contributed by atoms with Crippen LogP contribution in [0.25, 0.3) is 111 Å². The van der Waals surface area contributed by atoms with Crippen LogP contribution in [0.15, 0.2) is 206 Å². The number of nitrogens with zero attached hydrogens (tertiary/aromatic N) is 4. The van der Waals surface area contributed by atoms with E-state index in [1.807, 2.05) is 36.4 Å². The minimum absolute atomic E-state index is 0.598. The highest BCUT2D eigenvalue weighted by Gasteiger charge is 2.18. The molecule has 0 aliphatic rings. The third kappa shape index (κ3) is 5.96. The molecule has 3 heterocycles. The summed E-state index contributed by atoms with van der Waals surface area (Å²) in [6, 6.07) is 70.5. The molecular formula is C54H34N4. The molecule has 0 aliphatic carbocycles. The van der Waals surface area contributed by atoms with Crippen LogP contribution < -0.4 is 0 Å². The third-order valence-electron chi connectivity index (χ3n) is 11.1. The Hall–Kier alpha value is -7.82. The van der Waals surface area contributed by atoms with Crippen molar-refractivity contribution in [1.29, 1.82) is 0 Å². The van der Waals surface area contributed by atoms with Gasteiger partial charge in [-0.2, -0.15) is 0 Å². The fraction of sp³-hybridized carbons (Fsp3) is 0. The van der Waals surface area contributed by atoms with Crippen LogP contribution in [0.3, 0.4) is 0 Å². The second-order valence-corrected chi connectivity index (χ2v) is 14.6. The Kier molecular flexibility index (Phi) is 8.11. The first-order valence-corrected chi connectivity index (χ1v) is 19.5. The molecule has 4 heteroatoms. The van der Waals surface area contributed by atoms with E-state index < -0.39 is 0 Å². The molecule has 11 rings (SSSR count). The molecule has 0 bridgehead atoms. The van der Waals surface area contributed by atoms with Crippen molar-refractivity contribution in [2.24, 2.45) is 0 Å². The zero-order valence-corrected chi connectivity index (χ0v) is 31.4. The van der Waals surface area contributed by atoms with Crippen molar-refractivity contribution >= 4 is 43.2 Å². The summed E-state index contributed by atoms with van der Waals surface area (Å²) in [6.07, 6.45) is 1.78. The first-order valence-electron chi connectivity index (χ1n) is 19.5. The van der Waals surface area contributed by atoms with Crippen molar-refractivity contribution in [3.63, 3.8) is 0 Å². The molecule has 0 unspecified atom stereocenters. The van der Waals surface area contributed by atoms with Gasteiger partial charge in [-0.05, 0) is 86.3 Å². The standard InChI is InChI=1S/C54H34N4/c1-2-14-38(15-3-1)50-34-51(58-54(57-50)49-23-10-11-30-55-49)41-18-12-17-40(31-41)36-24-27-37(28-25-36)46-33-47-52(44-20-7-6-19-43(44)46)45-21-8-9-22-48(45)56-53(47)42-29-26-35-13-4-5-16-39(35)32-42/h1-34H. The molecular weight excluding hydrogens is 705 g/mol. The summed E-state index contributed by atoms with van der Waals surface area (Å²) >= 11 is 0. The van der Waals surface area contributed by atoms with Gasteiger partial charge in [0.25, 0.3) is 0 Å². The SMILES string of the molecule is c1ccc(-c2cc(-c3cccc(-c4ccc(-c5cc6c(-c7ccc8ccccc8c7)nc7ccccc7c6c6ccccc56)cc4)c3)nc(-c3ccccn3)n2)cc1. The fourth-order valence-corrected chi connectivity index (χ4v) is 8.27. The second kappa shape index (κ2) is 14.0. The third-order valence-corrected chi connectivity index (χ3v) is 11.1. The number of hydrogen-bond donors (Lipinski definition) is 0. The first-order chi connectivity index (χ1) is 28.7. The molecule has 0 atom stereocenters. The minimum atomic E-state index is 0.598. The second-order valence-electron chi connectivity index (χ2n) is 14.6. The average Bonchev–Trinajstić information content (AvgIpc) is 3.31. The number of para-hydroxylation sites is 1. The Morgan fingerprint density at radius 2 is 0.966 bits per heavy atom. The highest BCUT2D eigenvalue weighted by atomic mass is 14.9. The Labute approximate surface area is 335 Å². The quantitative estimate of drug-likeness (QED) is 0.159. The summed E-state index contributed by atoms with van der Waals surface area (Å²) < 4.78 is 0. The van der Waals surface area contributed by atoms with Gasteiger partial charge in [0, 0.05) is 39.0 Å². The molecule has 8 aromatic carbocycles. The van der Waals surface area contributed by atoms with E-state index in [1.54, 1.807) is 6.20 Å². The van der Waals surface area contributed by atoms with Crippen molar-refractivity contribution in [1.82, 2.24) is 19.9 Å². The van der Waals surface area contributed by atoms with E-state index in [4.69, 9.17) is 15.0 Å². The lowest BCUT2D eigenvalue weighted by molar-refractivity contribution is 1.15. The molecule has 11 aromatic rings. The molecule has 0 amide bonds. The molecule has 0 radical (unpaired) electrons. The zero-order valence-electron chi connectivity index (χ0n) is 31.4. The van der Waals surface area contributed by atoms with Crippen LogP contribution in [0, 0.1) is 0 Å². The van der Waals surface area contributed by atoms with Crippen molar-refractivity contribution in [2.45, 2.75) is 0 Å². The van der Waals surface area contributed by atoms with Crippen LogP contribution in [-0.2, 0) is 0 Å². The van der Waals surface area contributed by atoms with Gasteiger partial charge in [0.2, 0.25) is 0 Å². The number of pyridine rings is 2. The molecule has 0 aliphatic heterocycles. The van der Waals surface area contributed by atoms with E-state index in [2.05, 4.69) is 169 Å². The van der Waals surface area contributed by atoms with Gasteiger partial charge >= 0.3 is 0 Å². The van der Waals surface area contributed by atoms with Crippen molar-refractivity contribution in [3.8, 4) is 67.5 Å². The topological polar surface area (TPSA) is 51.6 Å². The number of fused-ring (bicyclic) bond motifs is 6. The predicted molar refractivity (Wildman–Crippen MR) is 240 cm³/mol. The highest BCUT2D eigenvalue weighted by Crippen LogP contribution is 2.42. The van der Waals surface area contributed by atoms with Gasteiger partial charge in [0.15, 0.2) is 5.82 Å². The summed E-state index contributed by atoms with van der Waals surface area (Å²) in [6.45, 7) is 0. The number of benzene rings is 8. The van der Waals surface area contributed by atoms with E-state index in [9.17, 15) is 0 Å². The van der Waals surface area contributed by atoms with Gasteiger partial charge in [0.05, 0.1) is 22.6 Å². The van der Waals surface area contributed by atoms with Crippen LogP contribution in [0.5, 0.6) is 0 Å². The lowest BCUT2D eigenvalue weighted by Crippen LogP contribution is -1.97. The van der Waals surface area contributed by atoms with Gasteiger partial charge in [-0.25, -0.2) is 15.0 Å². The normalized spacial score (nSPS) is 11.4. The summed E-state index contributed by atoms with van der Waals surface area (Å²) in [7, 11) is 0. The van der Waals surface area contributed by atoms with Crippen molar-refractivity contribution < 1.29 is 0 Å². The molecule has 3 aromatic heterocycles. The Morgan fingerprint density at radius 1 is 0.310 bits per heavy atom. The van der Waals surface area contributed by atoms with E-state index in [-0.39, 0.29) is 0 Å². The number of hydrogen-bond acceptors (Lipinski definition) is 4. The van der Waals surface area contributed by atoms with Crippen LogP contribution in [0.1, 0.15) is 0 Å². The lowest BCUT2D eigenvalue weighted by Gasteiger charge is -2.16. The fourth-order valence-electron chi connectivity index (χ4n) is 8.27. The first kappa shape index (κ1) is 33.5. The highest BCUT2D eigenvalue weighted by molar-refractivity contribution is 6.25. The smallest absolute Gasteiger partial charge is 0.179 e. The number of aromatic nitrogens is 4. The number of rotatable bonds is 6. The Bertz CT molecular complexity index is 3260. The maximum absolute atomic E-state index is 5.34. The predicted octanol–water partition coefficient (Wildman–Crippen LogP) is 13.9. The molecule has 0 N–H and O–H groups in total. The summed E-state index contributed by atoms with van der Waals surface area (Å²) in [5.74, 6) is 0.598. The molecule has 0 saturated heterocycles. The van der Waals surface area contributed by atoms with Gasteiger partial charge in [-0.1, -0.05) is 158 Å². The molecule has 0 spiro atoms. The molecule has 58 heavy (non-hydrogen) atoms. The van der Waals surface area contributed by atoms with Crippen LogP contribution in [0.4, 0.5) is 0 Å². The largest absolute Gasteiger partial charge is 0.253 e. The van der Waals surface area contributed by atoms with Crippen molar-refractivity contribution in [3.05, 3.63) is 206 Å². The molecule has 0 saturated carbocycles. The van der Waals surface area contributed by atoms with E-state index in [0.29, 0.717) is 5.82 Å². The van der Waals surface area contributed by atoms with Gasteiger partial charge < -0.3 is 0 Å².